The van der Waals surface area contributed by atoms with E-state index in [2.05, 4.69) is 15.5 Å². The minimum atomic E-state index is -1.27. The van der Waals surface area contributed by atoms with Crippen LogP contribution < -0.4 is 5.32 Å². The van der Waals surface area contributed by atoms with Crippen LogP contribution in [0.15, 0.2) is 53.2 Å². The fourth-order valence-corrected chi connectivity index (χ4v) is 2.21. The number of rotatable bonds is 4. The lowest BCUT2D eigenvalue weighted by atomic mass is 10.1. The molecule has 0 aliphatic rings. The molecule has 0 atom stereocenters. The summed E-state index contributed by atoms with van der Waals surface area (Å²) in [6, 6.07) is 11.9. The molecule has 3 aromatic rings. The van der Waals surface area contributed by atoms with Gasteiger partial charge in [0.05, 0.1) is 5.69 Å². The first kappa shape index (κ1) is 15.4. The summed E-state index contributed by atoms with van der Waals surface area (Å²) in [5.74, 6) is -1.98. The zero-order valence-corrected chi connectivity index (χ0v) is 12.7. The first-order valence-corrected chi connectivity index (χ1v) is 7.08. The number of carbonyl (C=O) groups excluding carboxylic acids is 1. The number of carbonyl (C=O) groups is 2. The van der Waals surface area contributed by atoms with Gasteiger partial charge >= 0.3 is 5.97 Å². The largest absolute Gasteiger partial charge is 0.477 e. The molecule has 0 aliphatic heterocycles. The highest BCUT2D eigenvalue weighted by Gasteiger charge is 2.26. The summed E-state index contributed by atoms with van der Waals surface area (Å²) in [6.07, 6.45) is 1.51. The van der Waals surface area contributed by atoms with E-state index in [0.29, 0.717) is 11.3 Å². The van der Waals surface area contributed by atoms with Crippen LogP contribution >= 0.6 is 0 Å². The zero-order chi connectivity index (χ0) is 17.1. The molecule has 120 valence electrons. The molecule has 0 spiro atoms. The van der Waals surface area contributed by atoms with Crippen LogP contribution in [0.1, 0.15) is 26.3 Å². The summed E-state index contributed by atoms with van der Waals surface area (Å²) in [5.41, 5.74) is 1.46. The summed E-state index contributed by atoms with van der Waals surface area (Å²) in [6.45, 7) is 1.85. The van der Waals surface area contributed by atoms with E-state index in [1.54, 1.807) is 36.4 Å². The summed E-state index contributed by atoms with van der Waals surface area (Å²) in [4.78, 5) is 27.9. The van der Waals surface area contributed by atoms with Crippen LogP contribution in [-0.2, 0) is 0 Å². The Balaban J connectivity index is 1.96. The molecule has 0 fully saturated rings. The van der Waals surface area contributed by atoms with Gasteiger partial charge in [0.2, 0.25) is 5.88 Å². The minimum absolute atomic E-state index is 0.0580. The number of carboxylic acid groups (broad SMARTS) is 1. The molecule has 2 N–H and O–H groups in total. The molecular formula is C17H13N3O4. The highest BCUT2D eigenvalue weighted by Crippen LogP contribution is 2.27. The predicted molar refractivity (Wildman–Crippen MR) is 85.8 cm³/mol. The maximum atomic E-state index is 12.3. The molecule has 2 aromatic heterocycles. The molecule has 7 heteroatoms. The van der Waals surface area contributed by atoms with E-state index in [-0.39, 0.29) is 17.1 Å². The number of aromatic nitrogens is 2. The Hall–Kier alpha value is -3.48. The smallest absolute Gasteiger partial charge is 0.343 e. The van der Waals surface area contributed by atoms with Crippen molar-refractivity contribution in [2.45, 2.75) is 6.92 Å². The fraction of sp³-hybridized carbons (Fsp3) is 0.0588. The molecule has 7 nitrogen and oxygen atoms in total. The van der Waals surface area contributed by atoms with E-state index in [4.69, 9.17) is 4.52 Å². The molecule has 24 heavy (non-hydrogen) atoms. The van der Waals surface area contributed by atoms with E-state index >= 15 is 0 Å². The van der Waals surface area contributed by atoms with Gasteiger partial charge in [-0.25, -0.2) is 4.79 Å². The second kappa shape index (κ2) is 6.33. The summed E-state index contributed by atoms with van der Waals surface area (Å²) in [5, 5.41) is 15.6. The van der Waals surface area contributed by atoms with Crippen LogP contribution in [0.2, 0.25) is 0 Å². The van der Waals surface area contributed by atoms with Crippen molar-refractivity contribution in [1.82, 2.24) is 10.1 Å². The molecule has 2 heterocycles. The highest BCUT2D eigenvalue weighted by molar-refractivity contribution is 6.08. The maximum Gasteiger partial charge on any atom is 0.343 e. The predicted octanol–water partition coefficient (Wildman–Crippen LogP) is 3.00. The molecule has 1 amide bonds. The third-order valence-electron chi connectivity index (χ3n) is 3.32. The van der Waals surface area contributed by atoms with Crippen molar-refractivity contribution in [3.63, 3.8) is 0 Å². The number of aryl methyl sites for hydroxylation is 1. The van der Waals surface area contributed by atoms with Crippen LogP contribution in [0.5, 0.6) is 0 Å². The van der Waals surface area contributed by atoms with Gasteiger partial charge in [0, 0.05) is 11.8 Å². The average Bonchev–Trinajstić information content (AvgIpc) is 2.99. The maximum absolute atomic E-state index is 12.3. The van der Waals surface area contributed by atoms with E-state index < -0.39 is 11.9 Å². The number of aromatic carboxylic acids is 1. The van der Waals surface area contributed by atoms with E-state index in [9.17, 15) is 14.7 Å². The Morgan fingerprint density at radius 1 is 1.17 bits per heavy atom. The first-order chi connectivity index (χ1) is 11.6. The van der Waals surface area contributed by atoms with Crippen molar-refractivity contribution >= 4 is 17.8 Å². The van der Waals surface area contributed by atoms with Crippen molar-refractivity contribution in [1.29, 1.82) is 0 Å². The Labute approximate surface area is 136 Å². The number of nitrogens with zero attached hydrogens (tertiary/aromatic N) is 2. The standard InChI is InChI=1S/C17H13N3O4/c1-10-5-4-6-11(9-10)15(21)19-16-13(17(22)23)14(20-24-16)12-7-2-3-8-18-12/h2-9H,1H3,(H,19,21)(H,22,23). The van der Waals surface area contributed by atoms with Gasteiger partial charge in [-0.1, -0.05) is 28.9 Å². The SMILES string of the molecule is Cc1cccc(C(=O)Nc2onc(-c3ccccn3)c2C(=O)O)c1. The Morgan fingerprint density at radius 3 is 2.67 bits per heavy atom. The number of hydrogen-bond donors (Lipinski definition) is 2. The second-order valence-electron chi connectivity index (χ2n) is 5.08. The lowest BCUT2D eigenvalue weighted by molar-refractivity contribution is 0.0698. The number of anilines is 1. The molecule has 3 rings (SSSR count). The number of nitrogens with one attached hydrogen (secondary N) is 1. The van der Waals surface area contributed by atoms with E-state index in [1.807, 2.05) is 13.0 Å². The number of carboxylic acids is 1. The second-order valence-corrected chi connectivity index (χ2v) is 5.08. The van der Waals surface area contributed by atoms with Gasteiger partial charge in [-0.05, 0) is 31.2 Å². The third-order valence-corrected chi connectivity index (χ3v) is 3.32. The van der Waals surface area contributed by atoms with E-state index in [1.165, 1.54) is 6.20 Å². The summed E-state index contributed by atoms with van der Waals surface area (Å²) >= 11 is 0. The van der Waals surface area contributed by atoms with Crippen LogP contribution in [0.4, 0.5) is 5.88 Å². The molecule has 1 aromatic carbocycles. The fourth-order valence-electron chi connectivity index (χ4n) is 2.21. The summed E-state index contributed by atoms with van der Waals surface area (Å²) < 4.78 is 5.03. The summed E-state index contributed by atoms with van der Waals surface area (Å²) in [7, 11) is 0. The van der Waals surface area contributed by atoms with Crippen molar-refractivity contribution in [2.75, 3.05) is 5.32 Å². The van der Waals surface area contributed by atoms with Gasteiger partial charge in [0.1, 0.15) is 5.69 Å². The molecule has 0 bridgehead atoms. The van der Waals surface area contributed by atoms with Crippen molar-refractivity contribution in [3.05, 3.63) is 65.4 Å². The molecule has 0 unspecified atom stereocenters. The Morgan fingerprint density at radius 2 is 2.00 bits per heavy atom. The molecular weight excluding hydrogens is 310 g/mol. The molecule has 0 radical (unpaired) electrons. The van der Waals surface area contributed by atoms with Crippen LogP contribution in [0.25, 0.3) is 11.4 Å². The van der Waals surface area contributed by atoms with Crippen LogP contribution in [0.3, 0.4) is 0 Å². The van der Waals surface area contributed by atoms with Gasteiger partial charge in [-0.3, -0.25) is 15.1 Å². The average molecular weight is 323 g/mol. The minimum Gasteiger partial charge on any atom is -0.477 e. The quantitative estimate of drug-likeness (QED) is 0.764. The third kappa shape index (κ3) is 3.00. The van der Waals surface area contributed by atoms with Crippen molar-refractivity contribution < 1.29 is 19.2 Å². The zero-order valence-electron chi connectivity index (χ0n) is 12.7. The van der Waals surface area contributed by atoms with Gasteiger partial charge < -0.3 is 9.63 Å². The molecule has 0 aliphatic carbocycles. The molecule has 0 saturated carbocycles. The number of benzene rings is 1. The van der Waals surface area contributed by atoms with Gasteiger partial charge in [-0.15, -0.1) is 0 Å². The normalized spacial score (nSPS) is 10.4. The van der Waals surface area contributed by atoms with Gasteiger partial charge in [0.15, 0.2) is 5.56 Å². The lowest BCUT2D eigenvalue weighted by Crippen LogP contribution is -2.14. The van der Waals surface area contributed by atoms with E-state index in [0.717, 1.165) is 5.56 Å². The number of hydrogen-bond acceptors (Lipinski definition) is 5. The molecule has 0 saturated heterocycles. The monoisotopic (exact) mass is 323 g/mol. The Kier molecular flexibility index (Phi) is 4.07. The number of pyridine rings is 1. The van der Waals surface area contributed by atoms with Crippen molar-refractivity contribution in [2.24, 2.45) is 0 Å². The topological polar surface area (TPSA) is 105 Å². The van der Waals surface area contributed by atoms with Gasteiger partial charge in [-0.2, -0.15) is 0 Å². The number of amides is 1. The Bertz CT molecular complexity index is 903. The first-order valence-electron chi connectivity index (χ1n) is 7.08. The van der Waals surface area contributed by atoms with Crippen LogP contribution in [0, 0.1) is 6.92 Å². The van der Waals surface area contributed by atoms with Crippen LogP contribution in [-0.4, -0.2) is 27.1 Å². The van der Waals surface area contributed by atoms with Gasteiger partial charge in [0.25, 0.3) is 5.91 Å². The highest BCUT2D eigenvalue weighted by atomic mass is 16.5. The lowest BCUT2D eigenvalue weighted by Gasteiger charge is -2.03. The van der Waals surface area contributed by atoms with Crippen molar-refractivity contribution in [3.8, 4) is 11.4 Å².